The van der Waals surface area contributed by atoms with Gasteiger partial charge in [-0.3, -0.25) is 4.98 Å². The molecular formula is C23H25NO5. The van der Waals surface area contributed by atoms with Crippen LogP contribution in [0.3, 0.4) is 0 Å². The predicted octanol–water partition coefficient (Wildman–Crippen LogP) is 4.76. The van der Waals surface area contributed by atoms with Crippen LogP contribution < -0.4 is 23.7 Å². The van der Waals surface area contributed by atoms with Gasteiger partial charge >= 0.3 is 0 Å². The summed E-state index contributed by atoms with van der Waals surface area (Å²) in [5, 5.41) is 1.79. The molecular weight excluding hydrogens is 370 g/mol. The average molecular weight is 395 g/mol. The molecule has 0 fully saturated rings. The van der Waals surface area contributed by atoms with Crippen molar-refractivity contribution in [2.75, 3.05) is 35.5 Å². The molecule has 0 aliphatic carbocycles. The quantitative estimate of drug-likeness (QED) is 0.575. The summed E-state index contributed by atoms with van der Waals surface area (Å²) in [5.74, 6) is 3.20. The Kier molecular flexibility index (Phi) is 6.12. The zero-order valence-corrected chi connectivity index (χ0v) is 17.5. The maximum atomic E-state index is 5.68. The molecule has 0 unspecified atom stereocenters. The molecule has 6 nitrogen and oxygen atoms in total. The van der Waals surface area contributed by atoms with Crippen LogP contribution in [0.2, 0.25) is 0 Å². The maximum Gasteiger partial charge on any atom is 0.204 e. The normalized spacial score (nSPS) is 11.0. The first-order valence-electron chi connectivity index (χ1n) is 9.06. The minimum atomic E-state index is 0.529. The van der Waals surface area contributed by atoms with Crippen molar-refractivity contribution in [3.8, 4) is 28.7 Å². The molecule has 1 heterocycles. The molecule has 0 aliphatic heterocycles. The Bertz CT molecular complexity index is 1060. The molecule has 2 aromatic carbocycles. The first kappa shape index (κ1) is 20.3. The Morgan fingerprint density at radius 1 is 0.724 bits per heavy atom. The summed E-state index contributed by atoms with van der Waals surface area (Å²) in [7, 11) is 8.07. The third-order valence-corrected chi connectivity index (χ3v) is 4.64. The number of rotatable bonds is 7. The minimum absolute atomic E-state index is 0.529. The highest BCUT2D eigenvalue weighted by Gasteiger charge is 2.19. The summed E-state index contributed by atoms with van der Waals surface area (Å²) < 4.78 is 27.5. The molecule has 0 radical (unpaired) electrons. The summed E-state index contributed by atoms with van der Waals surface area (Å²) in [6.45, 7) is 1.95. The Morgan fingerprint density at radius 2 is 1.45 bits per heavy atom. The van der Waals surface area contributed by atoms with Crippen molar-refractivity contribution in [1.29, 1.82) is 0 Å². The van der Waals surface area contributed by atoms with Gasteiger partial charge in [0.1, 0.15) is 11.5 Å². The average Bonchev–Trinajstić information content (AvgIpc) is 2.75. The molecule has 29 heavy (non-hydrogen) atoms. The first-order valence-corrected chi connectivity index (χ1v) is 9.06. The highest BCUT2D eigenvalue weighted by molar-refractivity contribution is 5.99. The van der Waals surface area contributed by atoms with E-state index in [2.05, 4.69) is 0 Å². The van der Waals surface area contributed by atoms with E-state index in [1.165, 1.54) is 0 Å². The fraction of sp³-hybridized carbons (Fsp3) is 0.261. The number of aryl methyl sites for hydroxylation is 1. The number of hydrogen-bond acceptors (Lipinski definition) is 6. The minimum Gasteiger partial charge on any atom is -0.497 e. The van der Waals surface area contributed by atoms with E-state index in [0.29, 0.717) is 17.2 Å². The zero-order chi connectivity index (χ0) is 21.0. The van der Waals surface area contributed by atoms with Gasteiger partial charge in [-0.05, 0) is 54.8 Å². The summed E-state index contributed by atoms with van der Waals surface area (Å²) >= 11 is 0. The van der Waals surface area contributed by atoms with Crippen molar-refractivity contribution in [2.45, 2.75) is 6.92 Å². The molecule has 6 heteroatoms. The van der Waals surface area contributed by atoms with E-state index in [-0.39, 0.29) is 0 Å². The topological polar surface area (TPSA) is 59.0 Å². The number of ether oxygens (including phenoxy) is 5. The lowest BCUT2D eigenvalue weighted by molar-refractivity contribution is 0.327. The molecule has 152 valence electrons. The second-order valence-corrected chi connectivity index (χ2v) is 6.33. The van der Waals surface area contributed by atoms with Gasteiger partial charge in [-0.15, -0.1) is 0 Å². The lowest BCUT2D eigenvalue weighted by Crippen LogP contribution is -1.99. The Balaban J connectivity index is 2.23. The highest BCUT2D eigenvalue weighted by atomic mass is 16.5. The molecule has 3 rings (SSSR count). The van der Waals surface area contributed by atoms with E-state index < -0.39 is 0 Å². The maximum absolute atomic E-state index is 5.68. The van der Waals surface area contributed by atoms with Gasteiger partial charge in [0.15, 0.2) is 11.5 Å². The predicted molar refractivity (Wildman–Crippen MR) is 115 cm³/mol. The van der Waals surface area contributed by atoms with Crippen LogP contribution in [-0.4, -0.2) is 40.5 Å². The summed E-state index contributed by atoms with van der Waals surface area (Å²) in [5.41, 5.74) is 2.51. The van der Waals surface area contributed by atoms with Gasteiger partial charge in [0, 0.05) is 11.3 Å². The van der Waals surface area contributed by atoms with Crippen LogP contribution >= 0.6 is 0 Å². The molecule has 0 saturated carbocycles. The van der Waals surface area contributed by atoms with Gasteiger partial charge in [-0.2, -0.15) is 0 Å². The Morgan fingerprint density at radius 3 is 2.07 bits per heavy atom. The molecule has 0 saturated heterocycles. The third-order valence-electron chi connectivity index (χ3n) is 4.64. The Hall–Kier alpha value is -3.41. The van der Waals surface area contributed by atoms with Crippen LogP contribution in [0.1, 0.15) is 17.0 Å². The van der Waals surface area contributed by atoms with Crippen molar-refractivity contribution >= 4 is 22.9 Å². The molecule has 1 aromatic heterocycles. The fourth-order valence-corrected chi connectivity index (χ4v) is 3.32. The number of benzene rings is 2. The number of methoxy groups -OCH3 is 5. The van der Waals surface area contributed by atoms with E-state index in [1.54, 1.807) is 35.5 Å². The molecule has 0 spiro atoms. The first-order chi connectivity index (χ1) is 14.1. The van der Waals surface area contributed by atoms with Crippen LogP contribution in [0.5, 0.6) is 28.7 Å². The molecule has 0 bridgehead atoms. The lowest BCUT2D eigenvalue weighted by atomic mass is 10.0. The number of pyridine rings is 1. The van der Waals surface area contributed by atoms with Gasteiger partial charge in [0.2, 0.25) is 5.75 Å². The van der Waals surface area contributed by atoms with Crippen molar-refractivity contribution in [3.05, 3.63) is 47.3 Å². The largest absolute Gasteiger partial charge is 0.497 e. The van der Waals surface area contributed by atoms with Gasteiger partial charge in [-0.1, -0.05) is 0 Å². The number of fused-ring (bicyclic) bond motifs is 1. The van der Waals surface area contributed by atoms with Crippen LogP contribution in [-0.2, 0) is 0 Å². The molecule has 0 N–H and O–H groups in total. The fourth-order valence-electron chi connectivity index (χ4n) is 3.32. The molecule has 0 amide bonds. The second-order valence-electron chi connectivity index (χ2n) is 6.33. The van der Waals surface area contributed by atoms with E-state index >= 15 is 0 Å². The summed E-state index contributed by atoms with van der Waals surface area (Å²) in [6.07, 6.45) is 3.87. The molecule has 3 aromatic rings. The molecule has 0 aliphatic rings. The second kappa shape index (κ2) is 8.73. The summed E-state index contributed by atoms with van der Waals surface area (Å²) in [6, 6.07) is 9.55. The van der Waals surface area contributed by atoms with E-state index in [0.717, 1.165) is 39.2 Å². The Labute approximate surface area is 170 Å². The highest BCUT2D eigenvalue weighted by Crippen LogP contribution is 2.44. The van der Waals surface area contributed by atoms with Crippen LogP contribution in [0.25, 0.3) is 22.9 Å². The zero-order valence-electron chi connectivity index (χ0n) is 17.5. The van der Waals surface area contributed by atoms with Gasteiger partial charge in [-0.25, -0.2) is 0 Å². The smallest absolute Gasteiger partial charge is 0.204 e. The standard InChI is InChI=1S/C23H25NO5/c1-14-11-16-13-20(27-4)22(28-5)23(29-6)21(16)18(24-14)9-7-15-12-17(25-2)8-10-19(15)26-3/h7-13H,1-6H3. The molecule has 0 atom stereocenters. The third kappa shape index (κ3) is 3.92. The van der Waals surface area contributed by atoms with E-state index in [1.807, 2.05) is 49.4 Å². The van der Waals surface area contributed by atoms with Gasteiger partial charge < -0.3 is 23.7 Å². The van der Waals surface area contributed by atoms with Gasteiger partial charge in [0.05, 0.1) is 46.6 Å². The van der Waals surface area contributed by atoms with Gasteiger partial charge in [0.25, 0.3) is 0 Å². The van der Waals surface area contributed by atoms with Crippen LogP contribution in [0, 0.1) is 6.92 Å². The van der Waals surface area contributed by atoms with Crippen LogP contribution in [0.15, 0.2) is 30.3 Å². The van der Waals surface area contributed by atoms with E-state index in [9.17, 15) is 0 Å². The number of aromatic nitrogens is 1. The SMILES string of the molecule is COc1ccc(OC)c(C=Cc2nc(C)cc3cc(OC)c(OC)c(OC)c23)c1. The van der Waals surface area contributed by atoms with Crippen LogP contribution in [0.4, 0.5) is 0 Å². The lowest BCUT2D eigenvalue weighted by Gasteiger charge is -2.16. The van der Waals surface area contributed by atoms with Crippen molar-refractivity contribution < 1.29 is 23.7 Å². The van der Waals surface area contributed by atoms with Crippen molar-refractivity contribution in [3.63, 3.8) is 0 Å². The summed E-state index contributed by atoms with van der Waals surface area (Å²) in [4.78, 5) is 4.72. The van der Waals surface area contributed by atoms with Crippen molar-refractivity contribution in [2.24, 2.45) is 0 Å². The van der Waals surface area contributed by atoms with E-state index in [4.69, 9.17) is 28.7 Å². The number of nitrogens with zero attached hydrogens (tertiary/aromatic N) is 1. The van der Waals surface area contributed by atoms with Crippen molar-refractivity contribution in [1.82, 2.24) is 4.98 Å². The number of hydrogen-bond donors (Lipinski definition) is 0. The monoisotopic (exact) mass is 395 g/mol.